The van der Waals surface area contributed by atoms with Crippen molar-refractivity contribution in [3.8, 4) is 17.6 Å². The SMILES string of the molecule is Cc1cc(C)c(O)c(CN(Cc2cc(C)cc(C)c2O)c2ccccc2C#N)c1. The Morgan fingerprint density at radius 1 is 0.793 bits per heavy atom. The molecule has 29 heavy (non-hydrogen) atoms. The lowest BCUT2D eigenvalue weighted by molar-refractivity contribution is 0.459. The van der Waals surface area contributed by atoms with E-state index >= 15 is 0 Å². The van der Waals surface area contributed by atoms with Gasteiger partial charge in [-0.05, 0) is 51.0 Å². The molecule has 0 saturated heterocycles. The van der Waals surface area contributed by atoms with Gasteiger partial charge >= 0.3 is 0 Å². The van der Waals surface area contributed by atoms with Crippen molar-refractivity contribution in [3.05, 3.63) is 87.5 Å². The van der Waals surface area contributed by atoms with E-state index in [0.29, 0.717) is 18.7 Å². The zero-order chi connectivity index (χ0) is 21.1. The van der Waals surface area contributed by atoms with Crippen LogP contribution in [0, 0.1) is 39.0 Å². The smallest absolute Gasteiger partial charge is 0.123 e. The highest BCUT2D eigenvalue weighted by Crippen LogP contribution is 2.32. The van der Waals surface area contributed by atoms with Crippen LogP contribution in [0.3, 0.4) is 0 Å². The molecule has 148 valence electrons. The van der Waals surface area contributed by atoms with Crippen molar-refractivity contribution >= 4 is 5.69 Å². The molecular weight excluding hydrogens is 360 g/mol. The molecule has 4 nitrogen and oxygen atoms in total. The Morgan fingerprint density at radius 2 is 1.28 bits per heavy atom. The van der Waals surface area contributed by atoms with Crippen LogP contribution in [-0.2, 0) is 13.1 Å². The third kappa shape index (κ3) is 4.35. The van der Waals surface area contributed by atoms with Crippen molar-refractivity contribution in [1.29, 1.82) is 5.26 Å². The van der Waals surface area contributed by atoms with Gasteiger partial charge in [0.15, 0.2) is 0 Å². The molecule has 0 bridgehead atoms. The number of aryl methyl sites for hydroxylation is 4. The number of anilines is 1. The minimum atomic E-state index is 0.264. The molecule has 3 aromatic rings. The Hall–Kier alpha value is -3.45. The second-order valence-electron chi connectivity index (χ2n) is 7.66. The first-order valence-electron chi connectivity index (χ1n) is 9.62. The zero-order valence-corrected chi connectivity index (χ0v) is 17.3. The number of aromatic hydroxyl groups is 2. The van der Waals surface area contributed by atoms with Crippen LogP contribution in [0.2, 0.25) is 0 Å². The van der Waals surface area contributed by atoms with Crippen LogP contribution in [0.5, 0.6) is 11.5 Å². The van der Waals surface area contributed by atoms with Crippen LogP contribution in [-0.4, -0.2) is 10.2 Å². The molecule has 0 unspecified atom stereocenters. The number of rotatable bonds is 5. The standard InChI is InChI=1S/C25H26N2O2/c1-16-9-18(3)24(28)21(11-16)14-27(23-8-6-5-7-20(23)13-26)15-22-12-17(2)10-19(4)25(22)29/h5-12,28-29H,14-15H2,1-4H3. The Labute approximate surface area is 172 Å². The van der Waals surface area contributed by atoms with E-state index in [1.54, 1.807) is 6.07 Å². The molecule has 0 amide bonds. The maximum atomic E-state index is 10.6. The van der Waals surface area contributed by atoms with Gasteiger partial charge in [-0.15, -0.1) is 0 Å². The molecule has 0 fully saturated rings. The molecule has 2 N–H and O–H groups in total. The summed E-state index contributed by atoms with van der Waals surface area (Å²) in [5.74, 6) is 0.527. The van der Waals surface area contributed by atoms with Crippen molar-refractivity contribution in [2.75, 3.05) is 4.90 Å². The lowest BCUT2D eigenvalue weighted by Crippen LogP contribution is -2.23. The molecule has 3 rings (SSSR count). The van der Waals surface area contributed by atoms with E-state index in [-0.39, 0.29) is 11.5 Å². The molecule has 0 aliphatic heterocycles. The largest absolute Gasteiger partial charge is 0.507 e. The van der Waals surface area contributed by atoms with Gasteiger partial charge in [0, 0.05) is 24.2 Å². The van der Waals surface area contributed by atoms with Crippen molar-refractivity contribution in [1.82, 2.24) is 0 Å². The number of hydrogen-bond acceptors (Lipinski definition) is 4. The van der Waals surface area contributed by atoms with E-state index in [1.165, 1.54) is 0 Å². The van der Waals surface area contributed by atoms with Crippen molar-refractivity contribution in [2.45, 2.75) is 40.8 Å². The molecule has 0 aromatic heterocycles. The van der Waals surface area contributed by atoms with Crippen LogP contribution in [0.1, 0.15) is 38.9 Å². The van der Waals surface area contributed by atoms with E-state index in [4.69, 9.17) is 0 Å². The van der Waals surface area contributed by atoms with Crippen LogP contribution < -0.4 is 4.90 Å². The van der Waals surface area contributed by atoms with Crippen molar-refractivity contribution in [2.24, 2.45) is 0 Å². The topological polar surface area (TPSA) is 67.5 Å². The van der Waals surface area contributed by atoms with Crippen LogP contribution in [0.15, 0.2) is 48.5 Å². The van der Waals surface area contributed by atoms with Crippen LogP contribution in [0.4, 0.5) is 5.69 Å². The first-order valence-corrected chi connectivity index (χ1v) is 9.62. The molecule has 0 radical (unpaired) electrons. The van der Waals surface area contributed by atoms with Gasteiger partial charge in [-0.25, -0.2) is 0 Å². The molecule has 0 saturated carbocycles. The fourth-order valence-corrected chi connectivity index (χ4v) is 3.82. The van der Waals surface area contributed by atoms with E-state index in [0.717, 1.165) is 39.1 Å². The number of phenolic OH excluding ortho intramolecular Hbond substituents is 2. The van der Waals surface area contributed by atoms with Crippen molar-refractivity contribution in [3.63, 3.8) is 0 Å². The first kappa shape index (κ1) is 20.3. The summed E-state index contributed by atoms with van der Waals surface area (Å²) in [7, 11) is 0. The summed E-state index contributed by atoms with van der Waals surface area (Å²) >= 11 is 0. The van der Waals surface area contributed by atoms with Gasteiger partial charge < -0.3 is 15.1 Å². The second kappa shape index (κ2) is 8.28. The quantitative estimate of drug-likeness (QED) is 0.615. The molecule has 3 aromatic carbocycles. The van der Waals surface area contributed by atoms with Crippen LogP contribution >= 0.6 is 0 Å². The molecule has 0 aliphatic carbocycles. The average molecular weight is 386 g/mol. The second-order valence-corrected chi connectivity index (χ2v) is 7.66. The van der Waals surface area contributed by atoms with Gasteiger partial charge in [0.25, 0.3) is 0 Å². The summed E-state index contributed by atoms with van der Waals surface area (Å²) in [5.41, 5.74) is 6.69. The summed E-state index contributed by atoms with van der Waals surface area (Å²) in [6.07, 6.45) is 0. The van der Waals surface area contributed by atoms with Gasteiger partial charge in [0.05, 0.1) is 11.3 Å². The van der Waals surface area contributed by atoms with Gasteiger partial charge in [-0.1, -0.05) is 47.5 Å². The van der Waals surface area contributed by atoms with E-state index < -0.39 is 0 Å². The van der Waals surface area contributed by atoms with Gasteiger partial charge in [0.1, 0.15) is 17.6 Å². The third-order valence-electron chi connectivity index (χ3n) is 5.14. The monoisotopic (exact) mass is 386 g/mol. The highest BCUT2D eigenvalue weighted by molar-refractivity contribution is 5.61. The van der Waals surface area contributed by atoms with Gasteiger partial charge in [-0.2, -0.15) is 5.26 Å². The predicted octanol–water partition coefficient (Wildman–Crippen LogP) is 5.41. The summed E-state index contributed by atoms with van der Waals surface area (Å²) in [6.45, 7) is 8.60. The minimum Gasteiger partial charge on any atom is -0.507 e. The number of phenols is 2. The number of benzene rings is 3. The maximum Gasteiger partial charge on any atom is 0.123 e. The summed E-state index contributed by atoms with van der Waals surface area (Å²) < 4.78 is 0. The summed E-state index contributed by atoms with van der Waals surface area (Å²) in [6, 6.07) is 17.5. The lowest BCUT2D eigenvalue weighted by Gasteiger charge is -2.27. The zero-order valence-electron chi connectivity index (χ0n) is 17.3. The van der Waals surface area contributed by atoms with E-state index in [9.17, 15) is 15.5 Å². The average Bonchev–Trinajstić information content (AvgIpc) is 2.68. The highest BCUT2D eigenvalue weighted by atomic mass is 16.3. The minimum absolute atomic E-state index is 0.264. The number of hydrogen-bond donors (Lipinski definition) is 2. The van der Waals surface area contributed by atoms with Gasteiger partial charge in [-0.3, -0.25) is 0 Å². The fourth-order valence-electron chi connectivity index (χ4n) is 3.82. The first-order chi connectivity index (χ1) is 13.8. The lowest BCUT2D eigenvalue weighted by atomic mass is 10.0. The van der Waals surface area contributed by atoms with Gasteiger partial charge in [0.2, 0.25) is 0 Å². The molecule has 0 heterocycles. The van der Waals surface area contributed by atoms with Crippen molar-refractivity contribution < 1.29 is 10.2 Å². The molecular formula is C25H26N2O2. The Bertz CT molecular complexity index is 1040. The number of nitriles is 1. The molecule has 0 spiro atoms. The number of nitrogens with zero attached hydrogens (tertiary/aromatic N) is 2. The fraction of sp³-hybridized carbons (Fsp3) is 0.240. The Morgan fingerprint density at radius 3 is 1.76 bits per heavy atom. The summed E-state index contributed by atoms with van der Waals surface area (Å²) in [5, 5.41) is 30.8. The normalized spacial score (nSPS) is 10.6. The predicted molar refractivity (Wildman–Crippen MR) is 116 cm³/mol. The van der Waals surface area contributed by atoms with E-state index in [2.05, 4.69) is 6.07 Å². The van der Waals surface area contributed by atoms with E-state index in [1.807, 2.05) is 75.1 Å². The highest BCUT2D eigenvalue weighted by Gasteiger charge is 2.18. The Kier molecular flexibility index (Phi) is 5.79. The molecule has 0 atom stereocenters. The third-order valence-corrected chi connectivity index (χ3v) is 5.14. The number of para-hydroxylation sites is 1. The molecule has 0 aliphatic rings. The summed E-state index contributed by atoms with van der Waals surface area (Å²) in [4.78, 5) is 2.03. The van der Waals surface area contributed by atoms with Crippen LogP contribution in [0.25, 0.3) is 0 Å². The molecule has 4 heteroatoms. The Balaban J connectivity index is 2.10. The maximum absolute atomic E-state index is 10.6.